The molecule has 0 fully saturated rings. The number of phenolic OH excluding ortho intramolecular Hbond substituents is 1. The average Bonchev–Trinajstić information content (AvgIpc) is 2.63. The first-order valence-electron chi connectivity index (χ1n) is 8.19. The Morgan fingerprint density at radius 2 is 1.84 bits per heavy atom. The second-order valence-corrected chi connectivity index (χ2v) is 5.87. The highest BCUT2D eigenvalue weighted by atomic mass is 16.5. The van der Waals surface area contributed by atoms with Gasteiger partial charge in [-0.2, -0.15) is 0 Å². The minimum atomic E-state index is -0.118. The van der Waals surface area contributed by atoms with E-state index >= 15 is 0 Å². The van der Waals surface area contributed by atoms with Crippen LogP contribution in [0.2, 0.25) is 0 Å². The summed E-state index contributed by atoms with van der Waals surface area (Å²) in [5, 5.41) is 10.6. The first kappa shape index (κ1) is 16.9. The molecule has 0 bridgehead atoms. The first-order valence-corrected chi connectivity index (χ1v) is 8.19. The van der Waals surface area contributed by atoms with E-state index in [4.69, 9.17) is 9.47 Å². The quantitative estimate of drug-likeness (QED) is 0.770. The summed E-state index contributed by atoms with van der Waals surface area (Å²) in [6.45, 7) is 2.73. The van der Waals surface area contributed by atoms with Crippen LogP contribution >= 0.6 is 0 Å². The lowest BCUT2D eigenvalue weighted by molar-refractivity contribution is 0.317. The molecule has 0 aliphatic heterocycles. The molecule has 25 heavy (non-hydrogen) atoms. The zero-order chi connectivity index (χ0) is 18.0. The molecule has 3 aromatic rings. The number of benzene rings is 2. The van der Waals surface area contributed by atoms with Crippen molar-refractivity contribution in [2.24, 2.45) is 7.05 Å². The third-order valence-electron chi connectivity index (χ3n) is 4.18. The summed E-state index contributed by atoms with van der Waals surface area (Å²) in [7, 11) is 3.33. The standard InChI is InChI=1S/C20H21NO4/c1-4-9-25-14-7-5-13(6-8-14)16-11-18(22)15-10-20(24-3)19(23)12-17(15)21(16)2/h5-8,10-12,23H,4,9H2,1-3H3. The van der Waals surface area contributed by atoms with E-state index in [1.54, 1.807) is 18.2 Å². The molecule has 0 aliphatic rings. The van der Waals surface area contributed by atoms with Crippen molar-refractivity contribution >= 4 is 10.9 Å². The van der Waals surface area contributed by atoms with Gasteiger partial charge < -0.3 is 19.1 Å². The van der Waals surface area contributed by atoms with Crippen LogP contribution in [0, 0.1) is 0 Å². The maximum absolute atomic E-state index is 12.5. The van der Waals surface area contributed by atoms with Gasteiger partial charge in [0.25, 0.3) is 0 Å². The second-order valence-electron chi connectivity index (χ2n) is 5.87. The van der Waals surface area contributed by atoms with Gasteiger partial charge in [-0.25, -0.2) is 0 Å². The summed E-state index contributed by atoms with van der Waals surface area (Å²) in [5.41, 5.74) is 2.20. The van der Waals surface area contributed by atoms with Crippen LogP contribution in [0.25, 0.3) is 22.2 Å². The van der Waals surface area contributed by atoms with Crippen LogP contribution in [0.3, 0.4) is 0 Å². The third kappa shape index (κ3) is 3.18. The lowest BCUT2D eigenvalue weighted by atomic mass is 10.1. The molecule has 2 aromatic carbocycles. The van der Waals surface area contributed by atoms with Gasteiger partial charge in [-0.3, -0.25) is 4.79 Å². The van der Waals surface area contributed by atoms with Crippen molar-refractivity contribution in [2.45, 2.75) is 13.3 Å². The Hall–Kier alpha value is -2.95. The number of aromatic nitrogens is 1. The zero-order valence-electron chi connectivity index (χ0n) is 14.6. The van der Waals surface area contributed by atoms with Gasteiger partial charge in [0.05, 0.1) is 24.9 Å². The number of aromatic hydroxyl groups is 1. The Bertz CT molecular complexity index is 958. The number of rotatable bonds is 5. The zero-order valence-corrected chi connectivity index (χ0v) is 14.6. The number of pyridine rings is 1. The van der Waals surface area contributed by atoms with Crippen molar-refractivity contribution in [3.63, 3.8) is 0 Å². The maximum atomic E-state index is 12.5. The highest BCUT2D eigenvalue weighted by molar-refractivity contribution is 5.85. The smallest absolute Gasteiger partial charge is 0.190 e. The van der Waals surface area contributed by atoms with E-state index in [2.05, 4.69) is 6.92 Å². The van der Waals surface area contributed by atoms with Crippen molar-refractivity contribution < 1.29 is 14.6 Å². The molecule has 3 rings (SSSR count). The highest BCUT2D eigenvalue weighted by Crippen LogP contribution is 2.31. The fraction of sp³-hybridized carbons (Fsp3) is 0.250. The normalized spacial score (nSPS) is 10.8. The predicted molar refractivity (Wildman–Crippen MR) is 98.6 cm³/mol. The molecule has 0 radical (unpaired) electrons. The van der Waals surface area contributed by atoms with Gasteiger partial charge >= 0.3 is 0 Å². The number of nitrogens with zero attached hydrogens (tertiary/aromatic N) is 1. The average molecular weight is 339 g/mol. The lowest BCUT2D eigenvalue weighted by Gasteiger charge is -2.14. The Balaban J connectivity index is 2.11. The van der Waals surface area contributed by atoms with Crippen molar-refractivity contribution in [3.05, 3.63) is 52.7 Å². The van der Waals surface area contributed by atoms with Gasteiger partial charge in [-0.05, 0) is 42.3 Å². The van der Waals surface area contributed by atoms with Gasteiger partial charge in [0.1, 0.15) is 5.75 Å². The molecule has 5 nitrogen and oxygen atoms in total. The largest absolute Gasteiger partial charge is 0.504 e. The predicted octanol–water partition coefficient (Wildman–Crippen LogP) is 3.71. The second kappa shape index (κ2) is 6.89. The lowest BCUT2D eigenvalue weighted by Crippen LogP contribution is -2.09. The molecule has 1 aromatic heterocycles. The molecule has 0 unspecified atom stereocenters. The molecule has 0 saturated carbocycles. The first-order chi connectivity index (χ1) is 12.0. The van der Waals surface area contributed by atoms with Gasteiger partial charge in [-0.1, -0.05) is 6.92 Å². The molecule has 0 saturated heterocycles. The van der Waals surface area contributed by atoms with Crippen LogP contribution in [0.1, 0.15) is 13.3 Å². The van der Waals surface area contributed by atoms with Crippen LogP contribution in [0.4, 0.5) is 0 Å². The van der Waals surface area contributed by atoms with E-state index in [1.807, 2.05) is 35.9 Å². The molecule has 0 spiro atoms. The van der Waals surface area contributed by atoms with Gasteiger partial charge in [0.15, 0.2) is 16.9 Å². The molecule has 0 aliphatic carbocycles. The van der Waals surface area contributed by atoms with E-state index in [1.165, 1.54) is 7.11 Å². The molecule has 1 N–H and O–H groups in total. The number of phenols is 1. The summed E-state index contributed by atoms with van der Waals surface area (Å²) in [6, 6.07) is 12.4. The van der Waals surface area contributed by atoms with E-state index < -0.39 is 0 Å². The number of ether oxygens (including phenoxy) is 2. The topological polar surface area (TPSA) is 60.7 Å². The van der Waals surface area contributed by atoms with Gasteiger partial charge in [0, 0.05) is 24.6 Å². The molecule has 0 amide bonds. The summed E-state index contributed by atoms with van der Waals surface area (Å²) in [6.07, 6.45) is 0.952. The molecule has 5 heteroatoms. The van der Waals surface area contributed by atoms with Crippen LogP contribution in [-0.2, 0) is 7.05 Å². The van der Waals surface area contributed by atoms with E-state index in [0.29, 0.717) is 17.5 Å². The van der Waals surface area contributed by atoms with Crippen molar-refractivity contribution in [1.29, 1.82) is 0 Å². The molecule has 0 atom stereocenters. The van der Waals surface area contributed by atoms with Crippen molar-refractivity contribution in [3.8, 4) is 28.5 Å². The minimum absolute atomic E-state index is 0.00506. The number of aryl methyl sites for hydroxylation is 1. The summed E-state index contributed by atoms with van der Waals surface area (Å²) in [5.74, 6) is 1.10. The van der Waals surface area contributed by atoms with Gasteiger partial charge in [-0.15, -0.1) is 0 Å². The Morgan fingerprint density at radius 3 is 2.48 bits per heavy atom. The number of hydrogen-bond acceptors (Lipinski definition) is 4. The molecular formula is C20H21NO4. The van der Waals surface area contributed by atoms with E-state index in [-0.39, 0.29) is 16.9 Å². The monoisotopic (exact) mass is 339 g/mol. The molecular weight excluding hydrogens is 318 g/mol. The van der Waals surface area contributed by atoms with Gasteiger partial charge in [0.2, 0.25) is 0 Å². The van der Waals surface area contributed by atoms with Crippen molar-refractivity contribution in [1.82, 2.24) is 4.57 Å². The van der Waals surface area contributed by atoms with Crippen LogP contribution in [0.15, 0.2) is 47.3 Å². The summed E-state index contributed by atoms with van der Waals surface area (Å²) < 4.78 is 12.6. The van der Waals surface area contributed by atoms with Crippen LogP contribution in [-0.4, -0.2) is 23.4 Å². The Kier molecular flexibility index (Phi) is 4.65. The minimum Gasteiger partial charge on any atom is -0.504 e. The Morgan fingerprint density at radius 1 is 1.12 bits per heavy atom. The number of methoxy groups -OCH3 is 1. The fourth-order valence-electron chi connectivity index (χ4n) is 2.84. The van der Waals surface area contributed by atoms with Crippen LogP contribution in [0.5, 0.6) is 17.2 Å². The Labute approximate surface area is 146 Å². The molecule has 130 valence electrons. The van der Waals surface area contributed by atoms with E-state index in [9.17, 15) is 9.90 Å². The molecule has 1 heterocycles. The maximum Gasteiger partial charge on any atom is 0.190 e. The number of fused-ring (bicyclic) bond motifs is 1. The third-order valence-corrected chi connectivity index (χ3v) is 4.18. The van der Waals surface area contributed by atoms with E-state index in [0.717, 1.165) is 23.4 Å². The van der Waals surface area contributed by atoms with Crippen molar-refractivity contribution in [2.75, 3.05) is 13.7 Å². The summed E-state index contributed by atoms with van der Waals surface area (Å²) in [4.78, 5) is 12.5. The highest BCUT2D eigenvalue weighted by Gasteiger charge is 2.12. The SMILES string of the molecule is CCCOc1ccc(-c2cc(=O)c3cc(OC)c(O)cc3n2C)cc1. The summed E-state index contributed by atoms with van der Waals surface area (Å²) >= 11 is 0. The number of hydrogen-bond donors (Lipinski definition) is 1. The van der Waals surface area contributed by atoms with Crippen LogP contribution < -0.4 is 14.9 Å². The fourth-order valence-corrected chi connectivity index (χ4v) is 2.84.